The standard InChI is InChI=1S/C32H36N4O5/c1-22-12-11-17-25(28(22)37)27(29(38)34-21-24-15-9-6-10-16-24)36(19-18-33)30(39)26(20-23-13-7-5-8-14-23)35-31(40)41-32(2,3)4/h5-17,26-27,37H,19-21H2,1-4H3,(H,34,38)(H,35,40). The first-order valence-corrected chi connectivity index (χ1v) is 13.3. The van der Waals surface area contributed by atoms with Crippen LogP contribution in [0.1, 0.15) is 49.1 Å². The third kappa shape index (κ3) is 8.83. The van der Waals surface area contributed by atoms with Crippen LogP contribution in [0.15, 0.2) is 78.9 Å². The summed E-state index contributed by atoms with van der Waals surface area (Å²) in [4.78, 5) is 41.8. The average Bonchev–Trinajstić information content (AvgIpc) is 2.93. The van der Waals surface area contributed by atoms with E-state index in [2.05, 4.69) is 10.6 Å². The molecule has 3 aromatic rings. The Morgan fingerprint density at radius 2 is 1.56 bits per heavy atom. The Morgan fingerprint density at radius 1 is 0.951 bits per heavy atom. The molecule has 0 heterocycles. The zero-order valence-corrected chi connectivity index (χ0v) is 23.8. The fourth-order valence-electron chi connectivity index (χ4n) is 4.31. The Hall–Kier alpha value is -4.84. The molecule has 3 rings (SSSR count). The van der Waals surface area contributed by atoms with E-state index in [1.54, 1.807) is 45.9 Å². The number of hydrogen-bond acceptors (Lipinski definition) is 6. The molecule has 0 radical (unpaired) electrons. The lowest BCUT2D eigenvalue weighted by Gasteiger charge is -2.33. The van der Waals surface area contributed by atoms with Crippen molar-refractivity contribution in [2.45, 2.75) is 58.3 Å². The van der Waals surface area contributed by atoms with Gasteiger partial charge in [0.15, 0.2) is 0 Å². The van der Waals surface area contributed by atoms with Gasteiger partial charge in [-0.3, -0.25) is 9.59 Å². The summed E-state index contributed by atoms with van der Waals surface area (Å²) in [5, 5.41) is 26.2. The van der Waals surface area contributed by atoms with Gasteiger partial charge >= 0.3 is 6.09 Å². The molecule has 214 valence electrons. The number of amides is 3. The summed E-state index contributed by atoms with van der Waals surface area (Å²) < 4.78 is 5.41. The molecule has 0 saturated heterocycles. The van der Waals surface area contributed by atoms with Crippen LogP contribution in [0.25, 0.3) is 0 Å². The third-order valence-corrected chi connectivity index (χ3v) is 6.23. The minimum Gasteiger partial charge on any atom is -0.507 e. The number of alkyl carbamates (subject to hydrolysis) is 1. The van der Waals surface area contributed by atoms with Gasteiger partial charge in [0.05, 0.1) is 6.07 Å². The molecular weight excluding hydrogens is 520 g/mol. The number of nitriles is 1. The maximum absolute atomic E-state index is 14.2. The lowest BCUT2D eigenvalue weighted by atomic mass is 9.98. The lowest BCUT2D eigenvalue weighted by molar-refractivity contribution is -0.141. The van der Waals surface area contributed by atoms with E-state index in [0.29, 0.717) is 5.56 Å². The summed E-state index contributed by atoms with van der Waals surface area (Å²) in [6.07, 6.45) is -0.730. The number of carbonyl (C=O) groups excluding carboxylic acids is 3. The van der Waals surface area contributed by atoms with Gasteiger partial charge in [0.1, 0.15) is 30.0 Å². The second-order valence-corrected chi connectivity index (χ2v) is 10.6. The molecular formula is C32H36N4O5. The number of hydrogen-bond donors (Lipinski definition) is 3. The number of aryl methyl sites for hydroxylation is 1. The first-order valence-electron chi connectivity index (χ1n) is 13.3. The summed E-state index contributed by atoms with van der Waals surface area (Å²) in [7, 11) is 0. The van der Waals surface area contributed by atoms with Crippen LogP contribution in [0.5, 0.6) is 5.75 Å². The van der Waals surface area contributed by atoms with Gasteiger partial charge in [-0.25, -0.2) is 4.79 Å². The molecule has 41 heavy (non-hydrogen) atoms. The van der Waals surface area contributed by atoms with E-state index in [1.807, 2.05) is 66.7 Å². The number of benzene rings is 3. The molecule has 3 aromatic carbocycles. The minimum atomic E-state index is -1.36. The largest absolute Gasteiger partial charge is 0.507 e. The highest BCUT2D eigenvalue weighted by atomic mass is 16.6. The van der Waals surface area contributed by atoms with Gasteiger partial charge in [-0.15, -0.1) is 0 Å². The van der Waals surface area contributed by atoms with Crippen LogP contribution in [0.3, 0.4) is 0 Å². The molecule has 3 N–H and O–H groups in total. The van der Waals surface area contributed by atoms with Crippen LogP contribution in [-0.2, 0) is 27.3 Å². The zero-order chi connectivity index (χ0) is 30.0. The van der Waals surface area contributed by atoms with Crippen LogP contribution in [0.2, 0.25) is 0 Å². The zero-order valence-electron chi connectivity index (χ0n) is 23.8. The van der Waals surface area contributed by atoms with Crippen molar-refractivity contribution in [3.8, 4) is 11.8 Å². The SMILES string of the molecule is Cc1cccc(C(C(=O)NCc2ccccc2)N(CC#N)C(=O)C(Cc2ccccc2)NC(=O)OC(C)(C)C)c1O. The summed E-state index contributed by atoms with van der Waals surface area (Å²) in [6, 6.07) is 22.6. The summed E-state index contributed by atoms with van der Waals surface area (Å²) in [5.74, 6) is -1.43. The number of para-hydroxylation sites is 1. The van der Waals surface area contributed by atoms with Crippen LogP contribution in [0, 0.1) is 18.3 Å². The molecule has 2 unspecified atom stereocenters. The number of aromatic hydroxyl groups is 1. The van der Waals surface area contributed by atoms with E-state index in [-0.39, 0.29) is 24.3 Å². The highest BCUT2D eigenvalue weighted by molar-refractivity contribution is 5.93. The Bertz CT molecular complexity index is 1380. The highest BCUT2D eigenvalue weighted by Gasteiger charge is 2.37. The first kappa shape index (κ1) is 30.7. The van der Waals surface area contributed by atoms with Crippen LogP contribution in [-0.4, -0.2) is 46.1 Å². The number of nitrogens with one attached hydrogen (secondary N) is 2. The summed E-state index contributed by atoms with van der Waals surface area (Å²) in [5.41, 5.74) is 1.43. The topological polar surface area (TPSA) is 132 Å². The molecule has 0 bridgehead atoms. The van der Waals surface area contributed by atoms with E-state index in [0.717, 1.165) is 16.0 Å². The minimum absolute atomic E-state index is 0.0823. The van der Waals surface area contributed by atoms with Gasteiger partial charge in [-0.1, -0.05) is 78.9 Å². The Morgan fingerprint density at radius 3 is 2.15 bits per heavy atom. The highest BCUT2D eigenvalue weighted by Crippen LogP contribution is 2.32. The third-order valence-electron chi connectivity index (χ3n) is 6.23. The molecule has 3 amide bonds. The Labute approximate surface area is 240 Å². The molecule has 0 spiro atoms. The number of phenols is 1. The van der Waals surface area contributed by atoms with Crippen molar-refractivity contribution in [2.75, 3.05) is 6.54 Å². The molecule has 0 aromatic heterocycles. The molecule has 9 nitrogen and oxygen atoms in total. The fourth-order valence-corrected chi connectivity index (χ4v) is 4.31. The Kier molecular flexibility index (Phi) is 10.5. The predicted octanol–water partition coefficient (Wildman–Crippen LogP) is 4.55. The van der Waals surface area contributed by atoms with E-state index >= 15 is 0 Å². The van der Waals surface area contributed by atoms with Crippen molar-refractivity contribution in [3.05, 3.63) is 101 Å². The van der Waals surface area contributed by atoms with Gasteiger partial charge in [-0.2, -0.15) is 5.26 Å². The summed E-state index contributed by atoms with van der Waals surface area (Å²) >= 11 is 0. The summed E-state index contributed by atoms with van der Waals surface area (Å²) in [6.45, 7) is 6.48. The second kappa shape index (κ2) is 14.0. The maximum Gasteiger partial charge on any atom is 0.408 e. The van der Waals surface area contributed by atoms with Crippen molar-refractivity contribution in [1.29, 1.82) is 5.26 Å². The number of carbonyl (C=O) groups is 3. The van der Waals surface area contributed by atoms with Crippen LogP contribution >= 0.6 is 0 Å². The van der Waals surface area contributed by atoms with E-state index < -0.39 is 42.1 Å². The van der Waals surface area contributed by atoms with Gasteiger partial charge in [0.25, 0.3) is 0 Å². The van der Waals surface area contributed by atoms with E-state index in [9.17, 15) is 24.8 Å². The van der Waals surface area contributed by atoms with Crippen LogP contribution in [0.4, 0.5) is 4.79 Å². The molecule has 9 heteroatoms. The van der Waals surface area contributed by atoms with Crippen molar-refractivity contribution in [2.24, 2.45) is 0 Å². The molecule has 0 saturated carbocycles. The van der Waals surface area contributed by atoms with Crippen molar-refractivity contribution in [1.82, 2.24) is 15.5 Å². The van der Waals surface area contributed by atoms with E-state index in [1.165, 1.54) is 0 Å². The van der Waals surface area contributed by atoms with E-state index in [4.69, 9.17) is 4.74 Å². The van der Waals surface area contributed by atoms with Crippen molar-refractivity contribution >= 4 is 17.9 Å². The molecule has 0 aliphatic carbocycles. The van der Waals surface area contributed by atoms with Gasteiger partial charge in [0.2, 0.25) is 11.8 Å². The van der Waals surface area contributed by atoms with Gasteiger partial charge < -0.3 is 25.4 Å². The molecule has 0 aliphatic heterocycles. The average molecular weight is 557 g/mol. The predicted molar refractivity (Wildman–Crippen MR) is 155 cm³/mol. The van der Waals surface area contributed by atoms with Crippen LogP contribution < -0.4 is 10.6 Å². The Balaban J connectivity index is 2.03. The molecule has 0 aliphatic rings. The first-order chi connectivity index (χ1) is 19.5. The maximum atomic E-state index is 14.2. The fraction of sp³-hybridized carbons (Fsp3) is 0.312. The van der Waals surface area contributed by atoms with Gasteiger partial charge in [0, 0.05) is 18.5 Å². The number of nitrogens with zero attached hydrogens (tertiary/aromatic N) is 2. The number of rotatable bonds is 10. The normalized spacial score (nSPS) is 12.4. The lowest BCUT2D eigenvalue weighted by Crippen LogP contribution is -2.54. The number of ether oxygens (including phenoxy) is 1. The molecule has 2 atom stereocenters. The smallest absolute Gasteiger partial charge is 0.408 e. The number of phenolic OH excluding ortho intramolecular Hbond substituents is 1. The molecule has 0 fully saturated rings. The van der Waals surface area contributed by atoms with Crippen molar-refractivity contribution in [3.63, 3.8) is 0 Å². The van der Waals surface area contributed by atoms with Gasteiger partial charge in [-0.05, 0) is 44.4 Å². The quantitative estimate of drug-likeness (QED) is 0.314. The van der Waals surface area contributed by atoms with Crippen molar-refractivity contribution < 1.29 is 24.2 Å². The second-order valence-electron chi connectivity index (χ2n) is 10.6. The monoisotopic (exact) mass is 556 g/mol.